The van der Waals surface area contributed by atoms with Crippen LogP contribution in [0.15, 0.2) is 6.33 Å². The molecule has 0 aromatic carbocycles. The molecule has 23 heavy (non-hydrogen) atoms. The molecule has 3 rings (SSSR count). The van der Waals surface area contributed by atoms with E-state index < -0.39 is 24.5 Å². The largest absolute Gasteiger partial charge is 0.387 e. The van der Waals surface area contributed by atoms with E-state index in [4.69, 9.17) is 10.5 Å². The fraction of sp³-hybridized carbons (Fsp3) is 0.667. The molecule has 3 heterocycles. The highest BCUT2D eigenvalue weighted by molar-refractivity contribution is 7.99. The van der Waals surface area contributed by atoms with Crippen LogP contribution in [0, 0.1) is 0 Å². The Morgan fingerprint density at radius 1 is 1.35 bits per heavy atom. The minimum atomic E-state index is -1.12. The Bertz CT molecular complexity index is 669. The summed E-state index contributed by atoms with van der Waals surface area (Å²) in [5, 5.41) is 28.3. The molecule has 0 unspecified atom stereocenters. The summed E-state index contributed by atoms with van der Waals surface area (Å²) in [6.07, 6.45) is -1.16. The highest BCUT2D eigenvalue weighted by atomic mass is 32.2. The number of quaternary nitrogens is 1. The van der Waals surface area contributed by atoms with Crippen molar-refractivity contribution in [2.24, 2.45) is 0 Å². The van der Waals surface area contributed by atoms with Gasteiger partial charge in [0.05, 0.1) is 12.6 Å². The lowest BCUT2D eigenvalue weighted by molar-refractivity contribution is -0.367. The summed E-state index contributed by atoms with van der Waals surface area (Å²) >= 11 is 1.66. The zero-order valence-corrected chi connectivity index (χ0v) is 13.3. The van der Waals surface area contributed by atoms with E-state index in [0.717, 1.165) is 18.7 Å². The lowest BCUT2D eigenvalue weighted by Gasteiger charge is -2.14. The van der Waals surface area contributed by atoms with Crippen LogP contribution in [0.2, 0.25) is 0 Å². The number of rotatable bonds is 6. The van der Waals surface area contributed by atoms with Crippen LogP contribution in [0.1, 0.15) is 12.6 Å². The van der Waals surface area contributed by atoms with Gasteiger partial charge in [0.15, 0.2) is 23.2 Å². The Hall–Kier alpha value is -1.53. The van der Waals surface area contributed by atoms with Gasteiger partial charge in [0.25, 0.3) is 0 Å². The average molecular weight is 342 g/mol. The quantitative estimate of drug-likeness (QED) is 0.427. The molecule has 1 aliphatic rings. The summed E-state index contributed by atoms with van der Waals surface area (Å²) in [6.45, 7) is 0.873. The molecule has 1 aliphatic heterocycles. The number of fused-ring (bicyclic) bond motifs is 1. The van der Waals surface area contributed by atoms with Gasteiger partial charge in [-0.1, -0.05) is 5.21 Å². The van der Waals surface area contributed by atoms with Crippen LogP contribution in [0.5, 0.6) is 0 Å². The van der Waals surface area contributed by atoms with E-state index in [1.165, 1.54) is 11.0 Å². The normalized spacial score (nSPS) is 27.8. The molecule has 4 atom stereocenters. The van der Waals surface area contributed by atoms with Crippen molar-refractivity contribution in [2.45, 2.75) is 31.0 Å². The monoisotopic (exact) mass is 342 g/mol. The number of nitrogens with zero attached hydrogens (tertiary/aromatic N) is 5. The molecule has 2 aromatic heterocycles. The fourth-order valence-electron chi connectivity index (χ4n) is 2.43. The molecule has 10 nitrogen and oxygen atoms in total. The number of nitrogens with two attached hydrogens (primary N) is 1. The molecular weight excluding hydrogens is 322 g/mol. The van der Waals surface area contributed by atoms with Gasteiger partial charge in [0.1, 0.15) is 18.5 Å². The third-order valence-electron chi connectivity index (χ3n) is 3.69. The van der Waals surface area contributed by atoms with Gasteiger partial charge in [-0.25, -0.2) is 9.97 Å². The summed E-state index contributed by atoms with van der Waals surface area (Å²) in [6, 6.07) is 0. The Labute approximate surface area is 136 Å². The van der Waals surface area contributed by atoms with Crippen LogP contribution >= 0.6 is 11.8 Å². The molecule has 7 N–H and O–H groups in total. The van der Waals surface area contributed by atoms with E-state index in [1.54, 1.807) is 11.8 Å². The van der Waals surface area contributed by atoms with Crippen molar-refractivity contribution in [3.63, 3.8) is 0 Å². The van der Waals surface area contributed by atoms with Gasteiger partial charge in [-0.3, -0.25) is 0 Å². The number of ether oxygens (including phenoxy) is 1. The van der Waals surface area contributed by atoms with Crippen LogP contribution in [0.4, 0.5) is 5.82 Å². The smallest absolute Gasteiger partial charge is 0.186 e. The Balaban J connectivity index is 1.76. The summed E-state index contributed by atoms with van der Waals surface area (Å²) in [5.74, 6) is 1.72. The standard InChI is InChI=1S/C12H19N7O3S/c13-2-1-3-23-4-6-8(20)9(21)12(22-6)19-11-7(17-18-19)10(14)15-5-16-11/h5-6,8-9,12,20-21H,1-4,13H2,(H2,14,15,16)/p+1/t6-,8-,9-,12-/m1/s1. The van der Waals surface area contributed by atoms with Crippen LogP contribution in [-0.4, -0.2) is 71.5 Å². The minimum absolute atomic E-state index is 0.203. The number of aliphatic hydroxyl groups is 2. The first-order valence-electron chi connectivity index (χ1n) is 7.33. The maximum Gasteiger partial charge on any atom is 0.186 e. The molecule has 0 saturated carbocycles. The number of aromatic nitrogens is 5. The molecule has 11 heteroatoms. The summed E-state index contributed by atoms with van der Waals surface area (Å²) < 4.78 is 7.12. The van der Waals surface area contributed by atoms with E-state index >= 15 is 0 Å². The molecule has 1 saturated heterocycles. The van der Waals surface area contributed by atoms with Crippen molar-refractivity contribution in [1.82, 2.24) is 25.0 Å². The molecule has 0 spiro atoms. The van der Waals surface area contributed by atoms with E-state index in [-0.39, 0.29) is 5.82 Å². The van der Waals surface area contributed by atoms with E-state index in [0.29, 0.717) is 16.9 Å². The molecule has 0 amide bonds. The van der Waals surface area contributed by atoms with Crippen molar-refractivity contribution in [3.8, 4) is 0 Å². The van der Waals surface area contributed by atoms with Gasteiger partial charge in [-0.05, 0) is 5.75 Å². The first-order valence-corrected chi connectivity index (χ1v) is 8.49. The van der Waals surface area contributed by atoms with Crippen molar-refractivity contribution in [3.05, 3.63) is 6.33 Å². The summed E-state index contributed by atoms with van der Waals surface area (Å²) in [5.41, 5.74) is 10.2. The van der Waals surface area contributed by atoms with Crippen molar-refractivity contribution in [1.29, 1.82) is 0 Å². The summed E-state index contributed by atoms with van der Waals surface area (Å²) in [4.78, 5) is 7.92. The Kier molecular flexibility index (Phi) is 4.92. The second kappa shape index (κ2) is 6.93. The zero-order chi connectivity index (χ0) is 16.4. The number of anilines is 1. The van der Waals surface area contributed by atoms with Gasteiger partial charge >= 0.3 is 0 Å². The molecule has 126 valence electrons. The number of thioether (sulfide) groups is 1. The lowest BCUT2D eigenvalue weighted by Crippen LogP contribution is -2.50. The molecule has 1 fully saturated rings. The predicted octanol–water partition coefficient (Wildman–Crippen LogP) is -2.21. The third kappa shape index (κ3) is 3.10. The predicted molar refractivity (Wildman–Crippen MR) is 83.2 cm³/mol. The molecule has 2 aromatic rings. The topological polar surface area (TPSA) is 160 Å². The number of aliphatic hydroxyl groups excluding tert-OH is 2. The van der Waals surface area contributed by atoms with Crippen molar-refractivity contribution < 1.29 is 20.7 Å². The number of hydrogen-bond donors (Lipinski definition) is 4. The van der Waals surface area contributed by atoms with Crippen molar-refractivity contribution in [2.75, 3.05) is 23.8 Å². The van der Waals surface area contributed by atoms with Gasteiger partial charge in [-0.15, -0.1) is 5.10 Å². The Morgan fingerprint density at radius 2 is 2.17 bits per heavy atom. The van der Waals surface area contributed by atoms with Crippen LogP contribution in [0.25, 0.3) is 11.2 Å². The minimum Gasteiger partial charge on any atom is -0.387 e. The van der Waals surface area contributed by atoms with Crippen LogP contribution < -0.4 is 11.5 Å². The average Bonchev–Trinajstić information content (AvgIpc) is 3.09. The van der Waals surface area contributed by atoms with Crippen LogP contribution in [-0.2, 0) is 4.74 Å². The van der Waals surface area contributed by atoms with E-state index in [1.807, 2.05) is 0 Å². The Morgan fingerprint density at radius 3 is 2.96 bits per heavy atom. The maximum absolute atomic E-state index is 10.3. The fourth-order valence-corrected chi connectivity index (χ4v) is 3.51. The second-order valence-corrected chi connectivity index (χ2v) is 6.44. The molecule has 0 bridgehead atoms. The number of hydrogen-bond acceptors (Lipinski definition) is 9. The van der Waals surface area contributed by atoms with E-state index in [9.17, 15) is 10.2 Å². The first kappa shape index (κ1) is 16.3. The van der Waals surface area contributed by atoms with E-state index in [2.05, 4.69) is 26.0 Å². The van der Waals surface area contributed by atoms with Gasteiger partial charge in [0, 0.05) is 12.2 Å². The molecular formula is C12H20N7O3S+. The third-order valence-corrected chi connectivity index (χ3v) is 4.83. The van der Waals surface area contributed by atoms with Crippen LogP contribution in [0.3, 0.4) is 0 Å². The van der Waals surface area contributed by atoms with Crippen molar-refractivity contribution >= 4 is 28.7 Å². The SMILES string of the molecule is Nc1ncnc2c1nnn2[C@@H]1O[C@H](CSCCC[NH3+])[C@@H](O)[C@H]1O. The second-order valence-electron chi connectivity index (χ2n) is 5.29. The maximum atomic E-state index is 10.3. The number of nitrogen functional groups attached to an aromatic ring is 1. The highest BCUT2D eigenvalue weighted by Crippen LogP contribution is 2.32. The van der Waals surface area contributed by atoms with Gasteiger partial charge < -0.3 is 26.4 Å². The first-order chi connectivity index (χ1) is 11.1. The zero-order valence-electron chi connectivity index (χ0n) is 12.4. The summed E-state index contributed by atoms with van der Waals surface area (Å²) in [7, 11) is 0. The molecule has 0 radical (unpaired) electrons. The highest BCUT2D eigenvalue weighted by Gasteiger charge is 2.44. The van der Waals surface area contributed by atoms with Gasteiger partial charge in [-0.2, -0.15) is 16.4 Å². The van der Waals surface area contributed by atoms with Gasteiger partial charge in [0.2, 0.25) is 0 Å². The molecule has 0 aliphatic carbocycles. The lowest BCUT2D eigenvalue weighted by atomic mass is 10.1.